The quantitative estimate of drug-likeness (QED) is 0.229. The fourth-order valence-corrected chi connectivity index (χ4v) is 3.03. The van der Waals surface area contributed by atoms with Crippen molar-refractivity contribution in [1.29, 1.82) is 0 Å². The first kappa shape index (κ1) is 27.9. The fraction of sp³-hybridized carbons (Fsp3) is 0.818. The van der Waals surface area contributed by atoms with Crippen molar-refractivity contribution in [3.63, 3.8) is 0 Å². The van der Waals surface area contributed by atoms with Crippen LogP contribution in [-0.4, -0.2) is 47.3 Å². The molecule has 0 bridgehead atoms. The van der Waals surface area contributed by atoms with Gasteiger partial charge in [0, 0.05) is 19.3 Å². The molecule has 0 aliphatic heterocycles. The lowest BCUT2D eigenvalue weighted by atomic mass is 9.83. The highest BCUT2D eigenvalue weighted by molar-refractivity contribution is 5.77. The molecule has 0 unspecified atom stereocenters. The van der Waals surface area contributed by atoms with Crippen molar-refractivity contribution in [2.45, 2.75) is 97.3 Å². The van der Waals surface area contributed by atoms with Crippen molar-refractivity contribution in [1.82, 2.24) is 0 Å². The van der Waals surface area contributed by atoms with Crippen LogP contribution in [0.1, 0.15) is 97.3 Å². The number of unbranched alkanes of at least 4 members (excludes halogenated alkanes) is 6. The summed E-state index contributed by atoms with van der Waals surface area (Å²) < 4.78 is 10.4. The molecule has 0 aromatic carbocycles. The predicted octanol–water partition coefficient (Wildman–Crippen LogP) is 4.34. The van der Waals surface area contributed by atoms with Gasteiger partial charge in [-0.15, -0.1) is 0 Å². The highest BCUT2D eigenvalue weighted by Gasteiger charge is 2.41. The number of hydrogen-bond donors (Lipinski definition) is 2. The monoisotopic (exact) mass is 430 g/mol. The van der Waals surface area contributed by atoms with E-state index in [0.29, 0.717) is 25.7 Å². The van der Waals surface area contributed by atoms with E-state index in [0.717, 1.165) is 32.1 Å². The number of ether oxygens (including phenoxy) is 2. The van der Waals surface area contributed by atoms with Gasteiger partial charge in [0.05, 0.1) is 0 Å². The number of carboxylic acids is 2. The van der Waals surface area contributed by atoms with E-state index in [1.165, 1.54) is 0 Å². The van der Waals surface area contributed by atoms with Gasteiger partial charge in [-0.25, -0.2) is 0 Å². The molecule has 0 saturated carbocycles. The molecule has 0 rings (SSSR count). The van der Waals surface area contributed by atoms with E-state index < -0.39 is 29.3 Å². The maximum Gasteiger partial charge on any atom is 0.316 e. The summed E-state index contributed by atoms with van der Waals surface area (Å²) in [7, 11) is 0. The zero-order valence-corrected chi connectivity index (χ0v) is 18.5. The van der Waals surface area contributed by atoms with Gasteiger partial charge in [0.2, 0.25) is 0 Å². The van der Waals surface area contributed by atoms with Gasteiger partial charge < -0.3 is 19.7 Å². The Kier molecular flexibility index (Phi) is 15.5. The van der Waals surface area contributed by atoms with Crippen LogP contribution in [0.4, 0.5) is 0 Å². The first-order chi connectivity index (χ1) is 14.3. The van der Waals surface area contributed by atoms with Crippen LogP contribution in [0.2, 0.25) is 0 Å². The molecule has 0 atom stereocenters. The van der Waals surface area contributed by atoms with E-state index in [2.05, 4.69) is 0 Å². The molecule has 0 saturated heterocycles. The van der Waals surface area contributed by atoms with E-state index in [1.807, 2.05) is 13.8 Å². The second-order valence-electron chi connectivity index (χ2n) is 7.78. The van der Waals surface area contributed by atoms with Gasteiger partial charge >= 0.3 is 23.9 Å². The lowest BCUT2D eigenvalue weighted by molar-refractivity contribution is -0.168. The lowest BCUT2D eigenvalue weighted by Gasteiger charge is -2.28. The second kappa shape index (κ2) is 16.7. The molecule has 2 N–H and O–H groups in total. The molecule has 0 spiro atoms. The summed E-state index contributed by atoms with van der Waals surface area (Å²) in [5, 5.41) is 18.4. The maximum atomic E-state index is 12.0. The molecule has 0 aliphatic rings. The predicted molar refractivity (Wildman–Crippen MR) is 111 cm³/mol. The molecule has 0 aliphatic carbocycles. The molecule has 30 heavy (non-hydrogen) atoms. The molecule has 0 heterocycles. The fourth-order valence-electron chi connectivity index (χ4n) is 3.03. The van der Waals surface area contributed by atoms with Crippen LogP contribution in [0.5, 0.6) is 0 Å². The first-order valence-corrected chi connectivity index (χ1v) is 11.0. The molecule has 174 valence electrons. The summed E-state index contributed by atoms with van der Waals surface area (Å²) in [6, 6.07) is 0. The highest BCUT2D eigenvalue weighted by Crippen LogP contribution is 2.28. The average Bonchev–Trinajstić information content (AvgIpc) is 2.68. The summed E-state index contributed by atoms with van der Waals surface area (Å²) in [5.41, 5.74) is -1.44. The number of esters is 2. The van der Waals surface area contributed by atoms with E-state index in [1.54, 1.807) is 0 Å². The smallest absolute Gasteiger partial charge is 0.316 e. The van der Waals surface area contributed by atoms with Crippen LogP contribution >= 0.6 is 0 Å². The van der Waals surface area contributed by atoms with Crippen LogP contribution in [0.15, 0.2) is 0 Å². The van der Waals surface area contributed by atoms with E-state index in [-0.39, 0.29) is 38.9 Å². The number of rotatable bonds is 19. The van der Waals surface area contributed by atoms with E-state index in [4.69, 9.17) is 14.6 Å². The van der Waals surface area contributed by atoms with Gasteiger partial charge in [-0.1, -0.05) is 52.4 Å². The Balaban J connectivity index is 4.61. The third-order valence-electron chi connectivity index (χ3n) is 4.93. The maximum absolute atomic E-state index is 12.0. The summed E-state index contributed by atoms with van der Waals surface area (Å²) in [5.74, 6) is -2.82. The summed E-state index contributed by atoms with van der Waals surface area (Å²) in [6.07, 6.45) is 7.85. The number of carbonyl (C=O) groups is 4. The van der Waals surface area contributed by atoms with Crippen LogP contribution in [0.25, 0.3) is 0 Å². The van der Waals surface area contributed by atoms with Crippen LogP contribution < -0.4 is 0 Å². The molecule has 0 amide bonds. The number of carbonyl (C=O) groups excluding carboxylic acids is 2. The van der Waals surface area contributed by atoms with Gasteiger partial charge in [0.15, 0.2) is 0 Å². The van der Waals surface area contributed by atoms with Crippen molar-refractivity contribution in [3.8, 4) is 0 Å². The molecule has 0 aromatic rings. The minimum absolute atomic E-state index is 0.189. The third-order valence-corrected chi connectivity index (χ3v) is 4.93. The SMILES string of the molecule is CCCC(=O)OCC(CCCCCCCCCC(=O)O)(COC(=O)CCC)C(=O)O. The summed E-state index contributed by atoms with van der Waals surface area (Å²) in [4.78, 5) is 46.0. The van der Waals surface area contributed by atoms with Gasteiger partial charge in [0.25, 0.3) is 0 Å². The molecule has 0 fully saturated rings. The Morgan fingerprint density at radius 2 is 1.10 bits per heavy atom. The van der Waals surface area contributed by atoms with Gasteiger partial charge in [-0.3, -0.25) is 19.2 Å². The molecule has 0 aromatic heterocycles. The van der Waals surface area contributed by atoms with E-state index in [9.17, 15) is 24.3 Å². The minimum Gasteiger partial charge on any atom is -0.481 e. The van der Waals surface area contributed by atoms with Gasteiger partial charge in [-0.2, -0.15) is 0 Å². The number of hydrogen-bond acceptors (Lipinski definition) is 6. The van der Waals surface area contributed by atoms with Gasteiger partial charge in [0.1, 0.15) is 18.6 Å². The third kappa shape index (κ3) is 13.2. The minimum atomic E-state index is -1.44. The Bertz CT molecular complexity index is 507. The van der Waals surface area contributed by atoms with Crippen molar-refractivity contribution in [3.05, 3.63) is 0 Å². The number of carboxylic acid groups (broad SMARTS) is 2. The van der Waals surface area contributed by atoms with Crippen molar-refractivity contribution < 1.29 is 38.9 Å². The van der Waals surface area contributed by atoms with Crippen molar-refractivity contribution >= 4 is 23.9 Å². The zero-order valence-electron chi connectivity index (χ0n) is 18.5. The summed E-state index contributed by atoms with van der Waals surface area (Å²) in [6.45, 7) is 3.05. The topological polar surface area (TPSA) is 127 Å². The standard InChI is InChI=1S/C22H38O8/c1-3-12-19(25)29-16-22(21(27)28,17-30-20(26)13-4-2)15-11-9-7-5-6-8-10-14-18(23)24/h3-17H2,1-2H3,(H,23,24)(H,27,28). The number of aliphatic carboxylic acids is 2. The average molecular weight is 431 g/mol. The largest absolute Gasteiger partial charge is 0.481 e. The van der Waals surface area contributed by atoms with Crippen LogP contribution in [-0.2, 0) is 28.7 Å². The Morgan fingerprint density at radius 1 is 0.667 bits per heavy atom. The highest BCUT2D eigenvalue weighted by atomic mass is 16.6. The van der Waals surface area contributed by atoms with Gasteiger partial charge in [-0.05, 0) is 25.7 Å². The summed E-state index contributed by atoms with van der Waals surface area (Å²) >= 11 is 0. The van der Waals surface area contributed by atoms with E-state index >= 15 is 0 Å². The first-order valence-electron chi connectivity index (χ1n) is 11.0. The van der Waals surface area contributed by atoms with Crippen LogP contribution in [0, 0.1) is 5.41 Å². The Hall–Kier alpha value is -2.12. The molecular weight excluding hydrogens is 392 g/mol. The van der Waals surface area contributed by atoms with Crippen molar-refractivity contribution in [2.24, 2.45) is 5.41 Å². The molecule has 0 radical (unpaired) electrons. The Labute approximate surface area is 179 Å². The zero-order chi connectivity index (χ0) is 22.8. The second-order valence-corrected chi connectivity index (χ2v) is 7.78. The normalized spacial score (nSPS) is 11.1. The Morgan fingerprint density at radius 3 is 1.50 bits per heavy atom. The molecular formula is C22H38O8. The van der Waals surface area contributed by atoms with Crippen LogP contribution in [0.3, 0.4) is 0 Å². The molecule has 8 nitrogen and oxygen atoms in total. The lowest BCUT2D eigenvalue weighted by Crippen LogP contribution is -2.41. The van der Waals surface area contributed by atoms with Crippen molar-refractivity contribution in [2.75, 3.05) is 13.2 Å². The molecule has 8 heteroatoms.